The number of hydrogen-bond acceptors (Lipinski definition) is 5. The van der Waals surface area contributed by atoms with Crippen LogP contribution in [0, 0.1) is 6.92 Å². The number of anilines is 1. The van der Waals surface area contributed by atoms with E-state index in [9.17, 15) is 9.59 Å². The van der Waals surface area contributed by atoms with Crippen LogP contribution < -0.4 is 15.2 Å². The van der Waals surface area contributed by atoms with Gasteiger partial charge in [0.15, 0.2) is 0 Å². The van der Waals surface area contributed by atoms with Crippen LogP contribution in [0.15, 0.2) is 53.6 Å². The maximum atomic E-state index is 12.8. The summed E-state index contributed by atoms with van der Waals surface area (Å²) in [4.78, 5) is 34.0. The molecule has 0 aliphatic carbocycles. The maximum absolute atomic E-state index is 12.8. The lowest BCUT2D eigenvalue weighted by Gasteiger charge is -2.36. The molecule has 0 atom stereocenters. The second kappa shape index (κ2) is 9.20. The van der Waals surface area contributed by atoms with Crippen molar-refractivity contribution >= 4 is 22.5 Å². The van der Waals surface area contributed by atoms with Gasteiger partial charge in [0.25, 0.3) is 5.56 Å². The van der Waals surface area contributed by atoms with Gasteiger partial charge in [-0.1, -0.05) is 24.3 Å². The highest BCUT2D eigenvalue weighted by Gasteiger charge is 2.23. The number of ether oxygens (including phenoxy) is 1. The van der Waals surface area contributed by atoms with Gasteiger partial charge in [-0.25, -0.2) is 4.98 Å². The number of nitrogens with zero attached hydrogens (tertiary/aromatic N) is 4. The molecule has 0 unspecified atom stereocenters. The Bertz CT molecular complexity index is 1130. The molecule has 1 fully saturated rings. The van der Waals surface area contributed by atoms with Crippen LogP contribution in [0.4, 0.5) is 5.69 Å². The predicted octanol–water partition coefficient (Wildman–Crippen LogP) is 2.84. The second-order valence-electron chi connectivity index (χ2n) is 7.73. The Labute approximate surface area is 181 Å². The lowest BCUT2D eigenvalue weighted by molar-refractivity contribution is -0.131. The number of aromatic nitrogens is 2. The quantitative estimate of drug-likeness (QED) is 0.614. The van der Waals surface area contributed by atoms with E-state index < -0.39 is 0 Å². The van der Waals surface area contributed by atoms with E-state index >= 15 is 0 Å². The van der Waals surface area contributed by atoms with E-state index in [2.05, 4.69) is 16.0 Å². The number of fused-ring (bicyclic) bond motifs is 1. The van der Waals surface area contributed by atoms with E-state index in [0.29, 0.717) is 31.6 Å². The van der Waals surface area contributed by atoms with Crippen LogP contribution in [0.25, 0.3) is 10.9 Å². The normalized spacial score (nSPS) is 14.1. The number of rotatable bonds is 6. The zero-order chi connectivity index (χ0) is 21.8. The summed E-state index contributed by atoms with van der Waals surface area (Å²) in [6.45, 7) is 7.70. The molecule has 31 heavy (non-hydrogen) atoms. The summed E-state index contributed by atoms with van der Waals surface area (Å²) in [5.41, 5.74) is 2.67. The Morgan fingerprint density at radius 2 is 1.84 bits per heavy atom. The van der Waals surface area contributed by atoms with Gasteiger partial charge < -0.3 is 14.5 Å². The van der Waals surface area contributed by atoms with E-state index in [-0.39, 0.29) is 17.9 Å². The van der Waals surface area contributed by atoms with E-state index in [1.807, 2.05) is 49.1 Å². The molecule has 7 nitrogen and oxygen atoms in total. The Hall–Kier alpha value is -3.35. The van der Waals surface area contributed by atoms with Crippen molar-refractivity contribution in [2.75, 3.05) is 37.7 Å². The first-order valence-corrected chi connectivity index (χ1v) is 10.8. The predicted molar refractivity (Wildman–Crippen MR) is 122 cm³/mol. The average molecular weight is 421 g/mol. The monoisotopic (exact) mass is 420 g/mol. The molecule has 0 saturated carbocycles. The van der Waals surface area contributed by atoms with Gasteiger partial charge in [0.2, 0.25) is 5.91 Å². The van der Waals surface area contributed by atoms with Gasteiger partial charge in [-0.05, 0) is 37.6 Å². The maximum Gasteiger partial charge on any atom is 0.261 e. The first kappa shape index (κ1) is 20.9. The van der Waals surface area contributed by atoms with Gasteiger partial charge in [0.1, 0.15) is 5.75 Å². The first-order valence-electron chi connectivity index (χ1n) is 10.8. The fraction of sp³-hybridized carbons (Fsp3) is 0.375. The summed E-state index contributed by atoms with van der Waals surface area (Å²) in [7, 11) is 0. The molecule has 2 aromatic carbocycles. The number of piperazine rings is 1. The van der Waals surface area contributed by atoms with Gasteiger partial charge in [-0.2, -0.15) is 0 Å². The Morgan fingerprint density at radius 1 is 1.06 bits per heavy atom. The van der Waals surface area contributed by atoms with E-state index in [1.165, 1.54) is 4.57 Å². The third-order valence-corrected chi connectivity index (χ3v) is 5.76. The highest BCUT2D eigenvalue weighted by Crippen LogP contribution is 2.28. The highest BCUT2D eigenvalue weighted by atomic mass is 16.5. The lowest BCUT2D eigenvalue weighted by Crippen LogP contribution is -2.49. The summed E-state index contributed by atoms with van der Waals surface area (Å²) in [5, 5.41) is 0.594. The molecule has 162 valence electrons. The fourth-order valence-electron chi connectivity index (χ4n) is 4.06. The number of carbonyl (C=O) groups excluding carboxylic acids is 1. The molecule has 1 amide bonds. The van der Waals surface area contributed by atoms with Gasteiger partial charge in [-0.15, -0.1) is 0 Å². The molecule has 1 saturated heterocycles. The minimum Gasteiger partial charge on any atom is -0.492 e. The molecule has 4 rings (SSSR count). The molecular formula is C24H28N4O3. The van der Waals surface area contributed by atoms with Crippen molar-refractivity contribution in [1.29, 1.82) is 0 Å². The van der Waals surface area contributed by atoms with Crippen molar-refractivity contribution < 1.29 is 9.53 Å². The summed E-state index contributed by atoms with van der Waals surface area (Å²) in [6, 6.07) is 13.6. The lowest BCUT2D eigenvalue weighted by atomic mass is 10.1. The molecule has 1 aromatic heterocycles. The topological polar surface area (TPSA) is 67.7 Å². The molecular weight excluding hydrogens is 392 g/mol. The van der Waals surface area contributed by atoms with Crippen LogP contribution in [-0.2, 0) is 11.3 Å². The van der Waals surface area contributed by atoms with Crippen molar-refractivity contribution in [3.8, 4) is 5.75 Å². The van der Waals surface area contributed by atoms with E-state index in [1.54, 1.807) is 12.4 Å². The molecule has 7 heteroatoms. The Kier molecular flexibility index (Phi) is 6.21. The minimum atomic E-state index is -0.0983. The third kappa shape index (κ3) is 4.40. The standard InChI is InChI=1S/C24H28N4O3/c1-3-31-21-10-5-4-9-20(21)26-13-15-27(16-14-26)22(29)11-12-28-17-25-23-18(2)7-6-8-19(23)24(28)30/h4-10,17H,3,11-16H2,1-2H3. The number of para-hydroxylation sites is 3. The number of benzene rings is 2. The van der Waals surface area contributed by atoms with Crippen LogP contribution >= 0.6 is 0 Å². The molecule has 2 heterocycles. The Balaban J connectivity index is 1.37. The third-order valence-electron chi connectivity index (χ3n) is 5.76. The van der Waals surface area contributed by atoms with Crippen molar-refractivity contribution in [3.63, 3.8) is 0 Å². The Morgan fingerprint density at radius 3 is 2.61 bits per heavy atom. The highest BCUT2D eigenvalue weighted by molar-refractivity contribution is 5.80. The minimum absolute atomic E-state index is 0.0639. The molecule has 1 aliphatic heterocycles. The van der Waals surface area contributed by atoms with Crippen molar-refractivity contribution in [2.24, 2.45) is 0 Å². The fourth-order valence-corrected chi connectivity index (χ4v) is 4.06. The number of amides is 1. The van der Waals surface area contributed by atoms with Gasteiger partial charge in [-0.3, -0.25) is 14.2 Å². The molecule has 3 aromatic rings. The largest absolute Gasteiger partial charge is 0.492 e. The summed E-state index contributed by atoms with van der Waals surface area (Å²) in [6.07, 6.45) is 1.84. The number of aryl methyl sites for hydroxylation is 2. The molecule has 0 spiro atoms. The number of hydrogen-bond donors (Lipinski definition) is 0. The van der Waals surface area contributed by atoms with Gasteiger partial charge in [0.05, 0.1) is 29.5 Å². The van der Waals surface area contributed by atoms with Crippen LogP contribution in [0.3, 0.4) is 0 Å². The first-order chi connectivity index (χ1) is 15.1. The molecule has 0 N–H and O–H groups in total. The smallest absolute Gasteiger partial charge is 0.261 e. The average Bonchev–Trinajstić information content (AvgIpc) is 2.80. The van der Waals surface area contributed by atoms with Crippen molar-refractivity contribution in [2.45, 2.75) is 26.8 Å². The van der Waals surface area contributed by atoms with Crippen molar-refractivity contribution in [3.05, 3.63) is 64.7 Å². The summed E-state index contributed by atoms with van der Waals surface area (Å²) < 4.78 is 7.28. The van der Waals surface area contributed by atoms with E-state index in [4.69, 9.17) is 4.74 Å². The van der Waals surface area contributed by atoms with Gasteiger partial charge >= 0.3 is 0 Å². The van der Waals surface area contributed by atoms with Crippen LogP contribution in [0.5, 0.6) is 5.75 Å². The van der Waals surface area contributed by atoms with Crippen molar-refractivity contribution in [1.82, 2.24) is 14.5 Å². The molecule has 1 aliphatic rings. The summed E-state index contributed by atoms with van der Waals surface area (Å²) in [5.74, 6) is 0.942. The van der Waals surface area contributed by atoms with E-state index in [0.717, 1.165) is 35.6 Å². The summed E-state index contributed by atoms with van der Waals surface area (Å²) >= 11 is 0. The zero-order valence-corrected chi connectivity index (χ0v) is 18.1. The second-order valence-corrected chi connectivity index (χ2v) is 7.73. The van der Waals surface area contributed by atoms with Crippen LogP contribution in [0.2, 0.25) is 0 Å². The van der Waals surface area contributed by atoms with Gasteiger partial charge in [0, 0.05) is 39.1 Å². The number of carbonyl (C=O) groups is 1. The zero-order valence-electron chi connectivity index (χ0n) is 18.1. The SMILES string of the molecule is CCOc1ccccc1N1CCN(C(=O)CCn2cnc3c(C)cccc3c2=O)CC1. The van der Waals surface area contributed by atoms with Crippen LogP contribution in [0.1, 0.15) is 18.9 Å². The molecule has 0 bridgehead atoms. The van der Waals surface area contributed by atoms with Crippen LogP contribution in [-0.4, -0.2) is 53.1 Å². The molecule has 0 radical (unpaired) electrons.